The molecule has 0 saturated heterocycles. The number of nitrogens with zero attached hydrogens (tertiary/aromatic N) is 2. The maximum atomic E-state index is 12.4. The van der Waals surface area contributed by atoms with Crippen molar-refractivity contribution in [3.63, 3.8) is 0 Å². The first-order valence-electron chi connectivity index (χ1n) is 9.07. The predicted molar refractivity (Wildman–Crippen MR) is 104 cm³/mol. The number of aryl methyl sites for hydroxylation is 2. The van der Waals surface area contributed by atoms with Crippen LogP contribution in [-0.2, 0) is 30.6 Å². The number of nitrogens with one attached hydrogen (secondary N) is 1. The monoisotopic (exact) mass is 379 g/mol. The number of carbonyl (C=O) groups excluding carboxylic acids is 1. The Morgan fingerprint density at radius 3 is 2.96 bits per heavy atom. The van der Waals surface area contributed by atoms with E-state index in [1.54, 1.807) is 18.5 Å². The Hall–Kier alpha value is -2.79. The fraction of sp³-hybridized carbons (Fsp3) is 0.238. The number of hydrogen-bond donors (Lipinski definition) is 1. The molecular weight excluding hydrogens is 362 g/mol. The minimum absolute atomic E-state index is 0.0479. The number of pyridine rings is 1. The molecule has 0 bridgehead atoms. The topological polar surface area (TPSA) is 59.5 Å². The molecule has 0 spiro atoms. The van der Waals surface area contributed by atoms with Crippen molar-refractivity contribution >= 4 is 34.1 Å². The van der Waals surface area contributed by atoms with Crippen LogP contribution in [0.1, 0.15) is 28.8 Å². The van der Waals surface area contributed by atoms with Crippen LogP contribution in [0.15, 0.2) is 47.3 Å². The average molecular weight is 380 g/mol. The van der Waals surface area contributed by atoms with Crippen molar-refractivity contribution in [2.45, 2.75) is 32.2 Å². The van der Waals surface area contributed by atoms with Gasteiger partial charge in [0.05, 0.1) is 29.9 Å². The zero-order valence-corrected chi connectivity index (χ0v) is 15.4. The molecule has 1 aromatic carbocycles. The summed E-state index contributed by atoms with van der Waals surface area (Å²) in [5.74, 6) is -0.0479. The van der Waals surface area contributed by atoms with E-state index in [0.29, 0.717) is 18.0 Å². The third kappa shape index (κ3) is 3.08. The van der Waals surface area contributed by atoms with Gasteiger partial charge >= 0.3 is 0 Å². The number of furan rings is 1. The van der Waals surface area contributed by atoms with E-state index in [-0.39, 0.29) is 5.91 Å². The highest BCUT2D eigenvalue weighted by Gasteiger charge is 2.16. The summed E-state index contributed by atoms with van der Waals surface area (Å²) in [6.07, 6.45) is 9.09. The lowest BCUT2D eigenvalue weighted by molar-refractivity contribution is -0.120. The Balaban J connectivity index is 1.29. The second kappa shape index (κ2) is 6.43. The van der Waals surface area contributed by atoms with Crippen molar-refractivity contribution in [2.24, 2.45) is 0 Å². The molecule has 0 fully saturated rings. The fourth-order valence-electron chi connectivity index (χ4n) is 3.81. The van der Waals surface area contributed by atoms with Crippen LogP contribution in [0.2, 0.25) is 5.02 Å². The summed E-state index contributed by atoms with van der Waals surface area (Å²) in [6, 6.07) is 7.97. The van der Waals surface area contributed by atoms with E-state index in [1.807, 2.05) is 16.7 Å². The summed E-state index contributed by atoms with van der Waals surface area (Å²) < 4.78 is 7.54. The molecule has 0 radical (unpaired) electrons. The van der Waals surface area contributed by atoms with Crippen molar-refractivity contribution in [3.8, 4) is 0 Å². The smallest absolute Gasteiger partial charge is 0.224 e. The van der Waals surface area contributed by atoms with Crippen molar-refractivity contribution in [1.82, 2.24) is 14.7 Å². The Bertz CT molecular complexity index is 1180. The number of rotatable bonds is 4. The molecule has 3 aromatic heterocycles. The van der Waals surface area contributed by atoms with Crippen molar-refractivity contribution < 1.29 is 9.21 Å². The standard InChI is InChI=1S/C21H18ClN3O2/c22-16-4-5-20-24-17(11-25(20)10-16)9-23-21(26)8-15-12-27-19-7-14-3-1-2-13(14)6-18(15)19/h4-7,10-12H,1-3,8-9H2,(H,23,26). The fourth-order valence-corrected chi connectivity index (χ4v) is 3.98. The van der Waals surface area contributed by atoms with Crippen LogP contribution >= 0.6 is 11.6 Å². The Labute approximate surface area is 161 Å². The minimum atomic E-state index is -0.0479. The van der Waals surface area contributed by atoms with Crippen molar-refractivity contribution in [3.05, 3.63) is 70.3 Å². The maximum Gasteiger partial charge on any atom is 0.224 e. The average Bonchev–Trinajstić information content (AvgIpc) is 3.36. The zero-order chi connectivity index (χ0) is 18.4. The van der Waals surface area contributed by atoms with Crippen molar-refractivity contribution in [1.29, 1.82) is 0 Å². The number of fused-ring (bicyclic) bond motifs is 3. The molecule has 27 heavy (non-hydrogen) atoms. The summed E-state index contributed by atoms with van der Waals surface area (Å²) in [5, 5.41) is 4.64. The quantitative estimate of drug-likeness (QED) is 0.581. The Morgan fingerprint density at radius 2 is 2.07 bits per heavy atom. The lowest BCUT2D eigenvalue weighted by atomic mass is 10.0. The number of carbonyl (C=O) groups is 1. The van der Waals surface area contributed by atoms with E-state index in [4.69, 9.17) is 16.0 Å². The van der Waals surface area contributed by atoms with Crippen LogP contribution in [0.3, 0.4) is 0 Å². The maximum absolute atomic E-state index is 12.4. The van der Waals surface area contributed by atoms with Gasteiger partial charge < -0.3 is 14.1 Å². The first-order valence-corrected chi connectivity index (χ1v) is 9.45. The molecule has 5 rings (SSSR count). The highest BCUT2D eigenvalue weighted by Crippen LogP contribution is 2.30. The van der Waals surface area contributed by atoms with E-state index in [0.717, 1.165) is 40.7 Å². The zero-order valence-electron chi connectivity index (χ0n) is 14.7. The highest BCUT2D eigenvalue weighted by atomic mass is 35.5. The van der Waals surface area contributed by atoms with Gasteiger partial charge in [-0.3, -0.25) is 4.79 Å². The number of benzene rings is 1. The number of imidazole rings is 1. The first-order chi connectivity index (χ1) is 13.2. The molecule has 0 aliphatic heterocycles. The summed E-state index contributed by atoms with van der Waals surface area (Å²) in [7, 11) is 0. The van der Waals surface area contributed by atoms with E-state index >= 15 is 0 Å². The molecule has 1 aliphatic rings. The van der Waals surface area contributed by atoms with Crippen LogP contribution in [0.4, 0.5) is 0 Å². The lowest BCUT2D eigenvalue weighted by Gasteiger charge is -2.03. The van der Waals surface area contributed by atoms with Gasteiger partial charge in [0.25, 0.3) is 0 Å². The van der Waals surface area contributed by atoms with E-state index in [9.17, 15) is 4.79 Å². The van der Waals surface area contributed by atoms with Gasteiger partial charge in [0.1, 0.15) is 11.2 Å². The molecule has 4 aromatic rings. The molecule has 1 amide bonds. The Kier molecular flexibility index (Phi) is 3.90. The molecule has 0 saturated carbocycles. The molecule has 136 valence electrons. The van der Waals surface area contributed by atoms with Gasteiger partial charge in [-0.05, 0) is 54.7 Å². The van der Waals surface area contributed by atoms with Crippen molar-refractivity contribution in [2.75, 3.05) is 0 Å². The molecule has 1 N–H and O–H groups in total. The molecular formula is C21H18ClN3O2. The lowest BCUT2D eigenvalue weighted by Crippen LogP contribution is -2.24. The van der Waals surface area contributed by atoms with Crippen LogP contribution in [0.25, 0.3) is 16.6 Å². The Morgan fingerprint density at radius 1 is 1.22 bits per heavy atom. The van der Waals surface area contributed by atoms with Gasteiger partial charge in [0.15, 0.2) is 0 Å². The second-order valence-corrected chi connectivity index (χ2v) is 7.47. The molecule has 3 heterocycles. The van der Waals surface area contributed by atoms with E-state index < -0.39 is 0 Å². The normalized spacial score (nSPS) is 13.4. The molecule has 0 unspecified atom stereocenters. The molecule has 5 nitrogen and oxygen atoms in total. The molecule has 0 atom stereocenters. The summed E-state index contributed by atoms with van der Waals surface area (Å²) >= 11 is 5.99. The third-order valence-corrected chi connectivity index (χ3v) is 5.37. The number of amides is 1. The predicted octanol–water partition coefficient (Wildman–Crippen LogP) is 4.08. The van der Waals surface area contributed by atoms with Gasteiger partial charge in [-0.15, -0.1) is 0 Å². The summed E-state index contributed by atoms with van der Waals surface area (Å²) in [5.41, 5.74) is 6.15. The van der Waals surface area contributed by atoms with Gasteiger partial charge in [0, 0.05) is 23.3 Å². The number of halogens is 1. The van der Waals surface area contributed by atoms with Gasteiger partial charge in [-0.25, -0.2) is 4.98 Å². The van der Waals surface area contributed by atoms with Crippen LogP contribution in [0.5, 0.6) is 0 Å². The molecule has 6 heteroatoms. The first kappa shape index (κ1) is 16.4. The largest absolute Gasteiger partial charge is 0.464 e. The summed E-state index contributed by atoms with van der Waals surface area (Å²) in [6.45, 7) is 0.378. The van der Waals surface area contributed by atoms with Crippen LogP contribution in [-0.4, -0.2) is 15.3 Å². The van der Waals surface area contributed by atoms with Gasteiger partial charge in [-0.1, -0.05) is 11.6 Å². The third-order valence-electron chi connectivity index (χ3n) is 5.15. The van der Waals surface area contributed by atoms with Gasteiger partial charge in [0.2, 0.25) is 5.91 Å². The minimum Gasteiger partial charge on any atom is -0.464 e. The van der Waals surface area contributed by atoms with E-state index in [2.05, 4.69) is 22.4 Å². The number of aromatic nitrogens is 2. The second-order valence-electron chi connectivity index (χ2n) is 7.03. The van der Waals surface area contributed by atoms with Crippen LogP contribution in [0, 0.1) is 0 Å². The van der Waals surface area contributed by atoms with Crippen LogP contribution < -0.4 is 5.32 Å². The summed E-state index contributed by atoms with van der Waals surface area (Å²) in [4.78, 5) is 16.9. The highest BCUT2D eigenvalue weighted by molar-refractivity contribution is 6.30. The molecule has 1 aliphatic carbocycles. The SMILES string of the molecule is O=C(Cc1coc2cc3c(cc12)CCC3)NCc1cn2cc(Cl)ccc2n1. The van der Waals surface area contributed by atoms with E-state index in [1.165, 1.54) is 17.5 Å². The number of hydrogen-bond acceptors (Lipinski definition) is 3. The van der Waals surface area contributed by atoms with Gasteiger partial charge in [-0.2, -0.15) is 0 Å².